The minimum absolute atomic E-state index is 0. The monoisotopic (exact) mass is 504 g/mol. The van der Waals surface area contributed by atoms with Crippen LogP contribution in [-0.4, -0.2) is 75.9 Å². The topological polar surface area (TPSA) is 65.0 Å². The summed E-state index contributed by atoms with van der Waals surface area (Å²) in [7, 11) is 3.97. The van der Waals surface area contributed by atoms with Gasteiger partial charge in [0.2, 0.25) is 0 Å². The van der Waals surface area contributed by atoms with Crippen molar-refractivity contribution in [1.82, 2.24) is 20.5 Å². The van der Waals surface area contributed by atoms with Gasteiger partial charge < -0.3 is 25.2 Å². The van der Waals surface area contributed by atoms with E-state index in [9.17, 15) is 0 Å². The summed E-state index contributed by atoms with van der Waals surface area (Å²) in [6.45, 7) is 11.7. The van der Waals surface area contributed by atoms with Crippen molar-refractivity contribution in [3.63, 3.8) is 0 Å². The number of hydrogen-bond acceptors (Lipinski definition) is 5. The van der Waals surface area contributed by atoms with Crippen LogP contribution in [0.4, 0.5) is 5.82 Å². The molecule has 0 saturated carbocycles. The molecule has 2 rings (SSSR count). The maximum absolute atomic E-state index is 5.61. The number of guanidine groups is 1. The predicted octanol–water partition coefficient (Wildman–Crippen LogP) is 2.18. The molecule has 0 amide bonds. The Labute approximate surface area is 187 Å². The van der Waals surface area contributed by atoms with Crippen LogP contribution in [0, 0.1) is 5.92 Å². The molecule has 7 nitrogen and oxygen atoms in total. The average molecular weight is 504 g/mol. The molecule has 0 atom stereocenters. The Morgan fingerprint density at radius 3 is 2.68 bits per heavy atom. The number of anilines is 1. The number of likely N-dealkylation sites (N-methyl/N-ethyl adjacent to an activating group) is 1. The summed E-state index contributed by atoms with van der Waals surface area (Å²) >= 11 is 0. The maximum Gasteiger partial charge on any atom is 0.191 e. The summed E-state index contributed by atoms with van der Waals surface area (Å²) in [5, 5.41) is 6.75. The first kappa shape index (κ1) is 24.9. The summed E-state index contributed by atoms with van der Waals surface area (Å²) in [5.74, 6) is 2.48. The zero-order chi connectivity index (χ0) is 19.5. The molecule has 1 aliphatic heterocycles. The van der Waals surface area contributed by atoms with Gasteiger partial charge in [0.05, 0.1) is 0 Å². The SMILES string of the molecule is CN=C(NCCCOCC(C)C)NCc1cccnc1N1CCN(C)CC1.I. The number of halogens is 1. The van der Waals surface area contributed by atoms with Gasteiger partial charge in [0, 0.05) is 71.3 Å². The van der Waals surface area contributed by atoms with E-state index in [-0.39, 0.29) is 24.0 Å². The second-order valence-electron chi connectivity index (χ2n) is 7.45. The number of rotatable bonds is 9. The van der Waals surface area contributed by atoms with Crippen molar-refractivity contribution in [3.05, 3.63) is 23.9 Å². The van der Waals surface area contributed by atoms with Gasteiger partial charge in [0.25, 0.3) is 0 Å². The summed E-state index contributed by atoms with van der Waals surface area (Å²) in [6.07, 6.45) is 2.84. The van der Waals surface area contributed by atoms with Gasteiger partial charge in [-0.3, -0.25) is 4.99 Å². The van der Waals surface area contributed by atoms with Gasteiger partial charge in [-0.15, -0.1) is 24.0 Å². The number of aromatic nitrogens is 1. The van der Waals surface area contributed by atoms with Crippen molar-refractivity contribution >= 4 is 35.8 Å². The number of aliphatic imine (C=N–C) groups is 1. The van der Waals surface area contributed by atoms with Crippen LogP contribution in [0.2, 0.25) is 0 Å². The zero-order valence-electron chi connectivity index (χ0n) is 17.8. The van der Waals surface area contributed by atoms with Crippen LogP contribution in [0.3, 0.4) is 0 Å². The Bertz CT molecular complexity index is 576. The fourth-order valence-corrected chi connectivity index (χ4v) is 2.97. The van der Waals surface area contributed by atoms with E-state index in [4.69, 9.17) is 4.74 Å². The lowest BCUT2D eigenvalue weighted by molar-refractivity contribution is 0.108. The molecule has 1 aromatic heterocycles. The molecule has 0 aromatic carbocycles. The molecule has 0 radical (unpaired) electrons. The fourth-order valence-electron chi connectivity index (χ4n) is 2.97. The first-order valence-electron chi connectivity index (χ1n) is 9.99. The molecule has 1 fully saturated rings. The third-order valence-corrected chi connectivity index (χ3v) is 4.55. The van der Waals surface area contributed by atoms with Gasteiger partial charge in [0.1, 0.15) is 5.82 Å². The molecule has 0 bridgehead atoms. The van der Waals surface area contributed by atoms with E-state index in [1.807, 2.05) is 12.3 Å². The average Bonchev–Trinajstić information content (AvgIpc) is 2.67. The van der Waals surface area contributed by atoms with Gasteiger partial charge in [0.15, 0.2) is 5.96 Å². The van der Waals surface area contributed by atoms with Crippen molar-refractivity contribution in [3.8, 4) is 0 Å². The normalized spacial score (nSPS) is 15.5. The molecular formula is C20H37IN6O. The van der Waals surface area contributed by atoms with Crippen LogP contribution in [0.5, 0.6) is 0 Å². The highest BCUT2D eigenvalue weighted by atomic mass is 127. The van der Waals surface area contributed by atoms with Gasteiger partial charge >= 0.3 is 0 Å². The van der Waals surface area contributed by atoms with Gasteiger partial charge in [-0.2, -0.15) is 0 Å². The van der Waals surface area contributed by atoms with Crippen LogP contribution >= 0.6 is 24.0 Å². The Kier molecular flexibility index (Phi) is 12.4. The quantitative estimate of drug-likeness (QED) is 0.233. The lowest BCUT2D eigenvalue weighted by Gasteiger charge is -2.34. The third kappa shape index (κ3) is 8.91. The first-order chi connectivity index (χ1) is 13.1. The number of nitrogens with one attached hydrogen (secondary N) is 2. The zero-order valence-corrected chi connectivity index (χ0v) is 20.1. The minimum Gasteiger partial charge on any atom is -0.381 e. The summed E-state index contributed by atoms with van der Waals surface area (Å²) in [4.78, 5) is 13.7. The van der Waals surface area contributed by atoms with Gasteiger partial charge in [-0.1, -0.05) is 19.9 Å². The van der Waals surface area contributed by atoms with Gasteiger partial charge in [-0.05, 0) is 25.5 Å². The fraction of sp³-hybridized carbons (Fsp3) is 0.700. The highest BCUT2D eigenvalue weighted by Crippen LogP contribution is 2.18. The number of nitrogens with zero attached hydrogens (tertiary/aromatic N) is 4. The minimum atomic E-state index is 0. The van der Waals surface area contributed by atoms with E-state index in [2.05, 4.69) is 57.4 Å². The van der Waals surface area contributed by atoms with Gasteiger partial charge in [-0.25, -0.2) is 4.98 Å². The summed E-state index contributed by atoms with van der Waals surface area (Å²) < 4.78 is 5.61. The van der Waals surface area contributed by atoms with Crippen molar-refractivity contribution in [2.75, 3.05) is 64.9 Å². The van der Waals surface area contributed by atoms with Crippen LogP contribution in [0.15, 0.2) is 23.3 Å². The van der Waals surface area contributed by atoms with Crippen molar-refractivity contribution in [2.45, 2.75) is 26.8 Å². The second-order valence-corrected chi connectivity index (χ2v) is 7.45. The Morgan fingerprint density at radius 1 is 1.25 bits per heavy atom. The van der Waals surface area contributed by atoms with Crippen LogP contribution < -0.4 is 15.5 Å². The van der Waals surface area contributed by atoms with Crippen LogP contribution in [-0.2, 0) is 11.3 Å². The smallest absolute Gasteiger partial charge is 0.191 e. The van der Waals surface area contributed by atoms with E-state index in [1.54, 1.807) is 7.05 Å². The standard InChI is InChI=1S/C20H36N6O.HI/c1-17(2)16-27-14-6-9-23-20(21-3)24-15-18-7-5-8-22-19(18)26-12-10-25(4)11-13-26;/h5,7-8,17H,6,9-16H2,1-4H3,(H2,21,23,24);1H. The molecule has 160 valence electrons. The largest absolute Gasteiger partial charge is 0.381 e. The lowest BCUT2D eigenvalue weighted by Crippen LogP contribution is -2.45. The molecule has 2 N–H and O–H groups in total. The highest BCUT2D eigenvalue weighted by molar-refractivity contribution is 14.0. The van der Waals surface area contributed by atoms with E-state index < -0.39 is 0 Å². The van der Waals surface area contributed by atoms with E-state index in [0.29, 0.717) is 12.5 Å². The van der Waals surface area contributed by atoms with E-state index in [0.717, 1.165) is 64.1 Å². The number of ether oxygens (including phenoxy) is 1. The molecular weight excluding hydrogens is 467 g/mol. The molecule has 8 heteroatoms. The summed E-state index contributed by atoms with van der Waals surface area (Å²) in [6, 6.07) is 4.14. The predicted molar refractivity (Wildman–Crippen MR) is 128 cm³/mol. The Hall–Kier alpha value is -1.13. The molecule has 1 saturated heterocycles. The van der Waals surface area contributed by atoms with E-state index >= 15 is 0 Å². The first-order valence-corrected chi connectivity index (χ1v) is 9.99. The molecule has 1 aliphatic rings. The third-order valence-electron chi connectivity index (χ3n) is 4.55. The number of piperazine rings is 1. The van der Waals surface area contributed by atoms with Crippen molar-refractivity contribution in [2.24, 2.45) is 10.9 Å². The molecule has 0 aliphatic carbocycles. The molecule has 0 unspecified atom stereocenters. The van der Waals surface area contributed by atoms with Crippen LogP contribution in [0.25, 0.3) is 0 Å². The van der Waals surface area contributed by atoms with Crippen molar-refractivity contribution in [1.29, 1.82) is 0 Å². The highest BCUT2D eigenvalue weighted by Gasteiger charge is 2.17. The Morgan fingerprint density at radius 2 is 2.00 bits per heavy atom. The molecule has 0 spiro atoms. The Balaban J connectivity index is 0.00000392. The number of hydrogen-bond donors (Lipinski definition) is 2. The van der Waals surface area contributed by atoms with Crippen LogP contribution in [0.1, 0.15) is 25.8 Å². The molecule has 28 heavy (non-hydrogen) atoms. The molecule has 1 aromatic rings. The lowest BCUT2D eigenvalue weighted by atomic mass is 10.2. The summed E-state index contributed by atoms with van der Waals surface area (Å²) in [5.41, 5.74) is 1.20. The number of pyridine rings is 1. The second kappa shape index (κ2) is 13.9. The molecule has 2 heterocycles. The maximum atomic E-state index is 5.61. The van der Waals surface area contributed by atoms with E-state index in [1.165, 1.54) is 5.56 Å². The van der Waals surface area contributed by atoms with Crippen molar-refractivity contribution < 1.29 is 4.74 Å².